The molecule has 0 unspecified atom stereocenters. The Morgan fingerprint density at radius 3 is 2.33 bits per heavy atom. The van der Waals surface area contributed by atoms with E-state index in [0.717, 1.165) is 37.3 Å². The summed E-state index contributed by atoms with van der Waals surface area (Å²) in [6.45, 7) is 9.37. The third-order valence-corrected chi connectivity index (χ3v) is 8.57. The Balaban J connectivity index is 0.00000218. The fraction of sp³-hybridized carbons (Fsp3) is 0.538. The van der Waals surface area contributed by atoms with Crippen LogP contribution in [0.15, 0.2) is 54.6 Å². The van der Waals surface area contributed by atoms with Gasteiger partial charge in [-0.05, 0) is 49.6 Å². The van der Waals surface area contributed by atoms with Gasteiger partial charge in [-0.15, -0.1) is 0 Å². The van der Waals surface area contributed by atoms with Crippen molar-refractivity contribution in [3.8, 4) is 5.75 Å². The van der Waals surface area contributed by atoms with Gasteiger partial charge in [0.05, 0.1) is 20.3 Å². The molecule has 2 aromatic rings. The summed E-state index contributed by atoms with van der Waals surface area (Å²) in [5.41, 5.74) is 3.06. The molecule has 1 saturated carbocycles. The molecule has 5 rings (SSSR count). The van der Waals surface area contributed by atoms with Crippen LogP contribution in [0.25, 0.3) is 0 Å². The first-order valence-electron chi connectivity index (χ1n) is 11.2. The van der Waals surface area contributed by atoms with Crippen molar-refractivity contribution in [2.75, 3.05) is 20.2 Å². The van der Waals surface area contributed by atoms with Crippen LogP contribution in [0.3, 0.4) is 0 Å². The first kappa shape index (κ1) is 21.9. The third kappa shape index (κ3) is 3.32. The topological polar surface area (TPSA) is 18.5 Å². The molecule has 2 heterocycles. The Bertz CT molecular complexity index is 857. The van der Waals surface area contributed by atoms with Crippen LogP contribution in [-0.2, 0) is 17.9 Å². The maximum Gasteiger partial charge on any atom is 0.118 e. The van der Waals surface area contributed by atoms with Crippen LogP contribution in [-0.4, -0.2) is 36.3 Å². The molecule has 3 fully saturated rings. The first-order chi connectivity index (χ1) is 14.1. The van der Waals surface area contributed by atoms with Crippen molar-refractivity contribution in [1.82, 2.24) is 0 Å². The van der Waals surface area contributed by atoms with Gasteiger partial charge >= 0.3 is 0 Å². The Kier molecular flexibility index (Phi) is 6.04. The molecule has 162 valence electrons. The molecule has 3 aliphatic rings. The standard InChI is InChI=1S/C26H34NO2.BrH/c1-19-15-27(16-20-9-11-22(28-3)12-10-20)17-25(24-14-13-23(19)26(24,27)2)29-18-21-7-5-4-6-8-21;/h4-12,19,23-25H,13-18H2,1-3H3;1H/q+1;/p-1/t19-,23+,24-,25-,26-,27-;/m1./s1. The SMILES string of the molecule is COc1ccc(C[N@+]23C[C@@H](C)[C@@H]4CC[C@H]([C@H](OCc5ccccc5)C2)[C@@]43C)cc1.[Br-]. The summed E-state index contributed by atoms with van der Waals surface area (Å²) in [7, 11) is 1.74. The van der Waals surface area contributed by atoms with Gasteiger partial charge in [0, 0.05) is 23.3 Å². The van der Waals surface area contributed by atoms with Crippen molar-refractivity contribution in [3.63, 3.8) is 0 Å². The van der Waals surface area contributed by atoms with E-state index in [9.17, 15) is 0 Å². The molecule has 0 spiro atoms. The summed E-state index contributed by atoms with van der Waals surface area (Å²) in [4.78, 5) is 0. The van der Waals surface area contributed by atoms with E-state index in [4.69, 9.17) is 9.47 Å². The van der Waals surface area contributed by atoms with Gasteiger partial charge in [-0.2, -0.15) is 0 Å². The molecule has 2 aromatic carbocycles. The molecule has 0 radical (unpaired) electrons. The quantitative estimate of drug-likeness (QED) is 0.600. The zero-order valence-corrected chi connectivity index (χ0v) is 20.0. The van der Waals surface area contributed by atoms with Crippen molar-refractivity contribution in [2.24, 2.45) is 17.8 Å². The van der Waals surface area contributed by atoms with Crippen LogP contribution in [0.2, 0.25) is 0 Å². The van der Waals surface area contributed by atoms with Gasteiger partial charge in [-0.25, -0.2) is 0 Å². The minimum atomic E-state index is 0. The highest BCUT2D eigenvalue weighted by atomic mass is 79.9. The lowest BCUT2D eigenvalue weighted by molar-refractivity contribution is -0.967. The number of nitrogens with zero attached hydrogens (tertiary/aromatic N) is 1. The molecule has 0 N–H and O–H groups in total. The maximum atomic E-state index is 6.62. The van der Waals surface area contributed by atoms with Crippen LogP contribution in [0.1, 0.15) is 37.8 Å². The monoisotopic (exact) mass is 471 g/mol. The van der Waals surface area contributed by atoms with Crippen molar-refractivity contribution >= 4 is 0 Å². The van der Waals surface area contributed by atoms with E-state index in [1.54, 1.807) is 7.11 Å². The minimum absolute atomic E-state index is 0. The molecule has 6 atom stereocenters. The zero-order chi connectivity index (χ0) is 20.1. The molecule has 30 heavy (non-hydrogen) atoms. The Labute approximate surface area is 191 Å². The normalized spacial score (nSPS) is 36.4. The van der Waals surface area contributed by atoms with Crippen molar-refractivity contribution in [1.29, 1.82) is 0 Å². The zero-order valence-electron chi connectivity index (χ0n) is 18.4. The molecule has 0 bridgehead atoms. The Morgan fingerprint density at radius 2 is 1.63 bits per heavy atom. The van der Waals surface area contributed by atoms with Crippen molar-refractivity contribution in [3.05, 3.63) is 65.7 Å². The van der Waals surface area contributed by atoms with Crippen LogP contribution < -0.4 is 21.7 Å². The summed E-state index contributed by atoms with van der Waals surface area (Å²) in [5, 5.41) is 0. The molecule has 1 aliphatic carbocycles. The van der Waals surface area contributed by atoms with E-state index >= 15 is 0 Å². The highest BCUT2D eigenvalue weighted by Crippen LogP contribution is 2.62. The highest BCUT2D eigenvalue weighted by molar-refractivity contribution is 5.27. The molecular weight excluding hydrogens is 438 g/mol. The number of methoxy groups -OCH3 is 1. The maximum absolute atomic E-state index is 6.62. The van der Waals surface area contributed by atoms with E-state index in [-0.39, 0.29) is 17.0 Å². The van der Waals surface area contributed by atoms with Gasteiger partial charge in [-0.3, -0.25) is 0 Å². The second-order valence-electron chi connectivity index (χ2n) is 9.84. The number of quaternary nitrogens is 1. The van der Waals surface area contributed by atoms with Gasteiger partial charge in [0.25, 0.3) is 0 Å². The van der Waals surface area contributed by atoms with Crippen LogP contribution in [0, 0.1) is 17.8 Å². The largest absolute Gasteiger partial charge is 1.00 e. The van der Waals surface area contributed by atoms with E-state index in [0.29, 0.717) is 17.6 Å². The molecule has 4 heteroatoms. The summed E-state index contributed by atoms with van der Waals surface area (Å²) < 4.78 is 13.2. The van der Waals surface area contributed by atoms with Crippen molar-refractivity contribution in [2.45, 2.75) is 51.5 Å². The van der Waals surface area contributed by atoms with Gasteiger partial charge in [0.2, 0.25) is 0 Å². The predicted molar refractivity (Wildman–Crippen MR) is 115 cm³/mol. The fourth-order valence-electron chi connectivity index (χ4n) is 7.29. The van der Waals surface area contributed by atoms with Gasteiger partial charge in [0.1, 0.15) is 30.5 Å². The number of benzene rings is 2. The van der Waals surface area contributed by atoms with Gasteiger partial charge in [-0.1, -0.05) is 37.3 Å². The third-order valence-electron chi connectivity index (χ3n) is 8.57. The lowest BCUT2D eigenvalue weighted by Gasteiger charge is -2.43. The molecule has 0 aromatic heterocycles. The molecule has 3 nitrogen and oxygen atoms in total. The lowest BCUT2D eigenvalue weighted by atomic mass is 9.80. The highest BCUT2D eigenvalue weighted by Gasteiger charge is 2.73. The summed E-state index contributed by atoms with van der Waals surface area (Å²) in [6, 6.07) is 19.4. The average molecular weight is 472 g/mol. The summed E-state index contributed by atoms with van der Waals surface area (Å²) in [6.07, 6.45) is 3.07. The molecule has 0 amide bonds. The fourth-order valence-corrected chi connectivity index (χ4v) is 7.29. The second-order valence-corrected chi connectivity index (χ2v) is 9.84. The summed E-state index contributed by atoms with van der Waals surface area (Å²) >= 11 is 0. The van der Waals surface area contributed by atoms with E-state index in [2.05, 4.69) is 68.4 Å². The average Bonchev–Trinajstić information content (AvgIpc) is 3.28. The first-order valence-corrected chi connectivity index (χ1v) is 11.2. The van der Waals surface area contributed by atoms with Gasteiger partial charge in [0.15, 0.2) is 0 Å². The number of rotatable bonds is 6. The number of hydrogen-bond acceptors (Lipinski definition) is 2. The van der Waals surface area contributed by atoms with E-state index < -0.39 is 0 Å². The van der Waals surface area contributed by atoms with Crippen LogP contribution in [0.4, 0.5) is 0 Å². The van der Waals surface area contributed by atoms with E-state index in [1.807, 2.05) is 0 Å². The molecule has 2 saturated heterocycles. The van der Waals surface area contributed by atoms with Crippen molar-refractivity contribution < 1.29 is 30.9 Å². The van der Waals surface area contributed by atoms with Gasteiger partial charge < -0.3 is 30.9 Å². The van der Waals surface area contributed by atoms with E-state index in [1.165, 1.54) is 35.0 Å². The number of hydrogen-bond donors (Lipinski definition) is 0. The predicted octanol–water partition coefficient (Wildman–Crippen LogP) is 2.05. The molecule has 2 aliphatic heterocycles. The summed E-state index contributed by atoms with van der Waals surface area (Å²) in [5.74, 6) is 3.26. The van der Waals surface area contributed by atoms with Crippen LogP contribution in [0.5, 0.6) is 5.75 Å². The Morgan fingerprint density at radius 1 is 0.933 bits per heavy atom. The minimum Gasteiger partial charge on any atom is -1.00 e. The number of ether oxygens (including phenoxy) is 2. The lowest BCUT2D eigenvalue weighted by Crippen LogP contribution is -3.00. The Hall–Kier alpha value is -1.36. The van der Waals surface area contributed by atoms with Crippen LogP contribution >= 0.6 is 0 Å². The second kappa shape index (κ2) is 8.29. The smallest absolute Gasteiger partial charge is 0.118 e. The molecular formula is C26H34BrNO2. The number of halogens is 1.